The molecule has 0 aromatic carbocycles. The monoisotopic (exact) mass is 483 g/mol. The maximum absolute atomic E-state index is 8.08. The number of fused-ring (bicyclic) bond motifs is 1. The first-order chi connectivity index (χ1) is 11.8. The molecule has 0 bridgehead atoms. The molecule has 2 unspecified atom stereocenters. The molecule has 1 aliphatic heterocycles. The topological polar surface area (TPSA) is 98.9 Å². The fourth-order valence-corrected chi connectivity index (χ4v) is 3.10. The highest BCUT2D eigenvalue weighted by molar-refractivity contribution is 14.2. The van der Waals surface area contributed by atoms with Gasteiger partial charge < -0.3 is 28.4 Å². The summed E-state index contributed by atoms with van der Waals surface area (Å²) in [4.78, 5) is 8.45. The van der Waals surface area contributed by atoms with E-state index in [0.717, 1.165) is 23.9 Å². The molecule has 2 aromatic heterocycles. The van der Waals surface area contributed by atoms with Crippen LogP contribution in [-0.4, -0.2) is 50.4 Å². The lowest BCUT2D eigenvalue weighted by Crippen LogP contribution is -2.15. The van der Waals surface area contributed by atoms with E-state index < -0.39 is 5.79 Å². The van der Waals surface area contributed by atoms with Gasteiger partial charge in [0.25, 0.3) is 0 Å². The Morgan fingerprint density at radius 1 is 1.40 bits per heavy atom. The van der Waals surface area contributed by atoms with Gasteiger partial charge in [-0.15, -0.1) is 0 Å². The molecule has 3 heterocycles. The lowest BCUT2D eigenvalue weighted by atomic mass is 10.2. The summed E-state index contributed by atoms with van der Waals surface area (Å²) in [5.41, 5.74) is 0.840. The van der Waals surface area contributed by atoms with Crippen molar-refractivity contribution in [2.24, 2.45) is 0 Å². The van der Waals surface area contributed by atoms with Crippen LogP contribution in [0.1, 0.15) is 32.9 Å². The van der Waals surface area contributed by atoms with Gasteiger partial charge in [0.1, 0.15) is 18.2 Å². The van der Waals surface area contributed by atoms with Crippen molar-refractivity contribution in [2.75, 3.05) is 13.7 Å². The molecule has 1 saturated heterocycles. The second-order valence-corrected chi connectivity index (χ2v) is 7.42. The zero-order valence-electron chi connectivity index (χ0n) is 14.3. The smallest absolute Gasteiger partial charge is 0.225 e. The Hall–Kier alpha value is -0.660. The third-order valence-electron chi connectivity index (χ3n) is 3.36. The summed E-state index contributed by atoms with van der Waals surface area (Å²) in [5.74, 6) is -0.909. The highest BCUT2D eigenvalue weighted by atomic mass is 127. The van der Waals surface area contributed by atoms with Crippen LogP contribution in [0.3, 0.4) is 0 Å². The number of hydrogen-bond acceptors (Lipinski definition) is 8. The van der Waals surface area contributed by atoms with Crippen LogP contribution in [0.5, 0.6) is 5.88 Å². The Morgan fingerprint density at radius 2 is 2.12 bits per heavy atom. The summed E-state index contributed by atoms with van der Waals surface area (Å²) in [6, 6.07) is 1.96. The number of rotatable bonds is 5. The largest absolute Gasteiger partial charge is 0.480 e. The number of nitrogens with zero attached hydrogens (tertiary/aromatic N) is 3. The van der Waals surface area contributed by atoms with Crippen molar-refractivity contribution in [1.29, 1.82) is 0 Å². The number of ether oxygens (including phenoxy) is 2. The molecule has 2 aromatic rings. The molecular weight excluding hydrogens is 461 g/mol. The Labute approximate surface area is 162 Å². The first kappa shape index (κ1) is 20.6. The van der Waals surface area contributed by atoms with Gasteiger partial charge in [-0.3, -0.25) is 0 Å². The van der Waals surface area contributed by atoms with Crippen molar-refractivity contribution < 1.29 is 23.9 Å². The third kappa shape index (κ3) is 6.22. The van der Waals surface area contributed by atoms with E-state index in [2.05, 4.69) is 31.2 Å². The quantitative estimate of drug-likeness (QED) is 0.381. The van der Waals surface area contributed by atoms with Gasteiger partial charge >= 0.3 is 0 Å². The molecule has 2 N–H and O–H groups in total. The maximum atomic E-state index is 8.08. The Bertz CT molecular complexity index is 673. The molecule has 1 aliphatic rings. The van der Waals surface area contributed by atoms with Crippen LogP contribution in [-0.2, 0) is 8.92 Å². The second-order valence-electron chi connectivity index (χ2n) is 5.98. The molecule has 0 aliphatic carbocycles. The molecule has 1 fully saturated rings. The van der Waals surface area contributed by atoms with E-state index in [9.17, 15) is 0 Å². The standard InChI is InChI=1S/C12H14IN3O3S.C3H8O2/c1-17-12-9-4-5-16(11(9)14-7-15-12)10-3-2-8(19-10)6-18-20-13;1-3(2,4)5/h4-5,7-8,10H,2-3,6H2,1H3;4-5H,1-2H3. The molecule has 10 heteroatoms. The van der Waals surface area contributed by atoms with Crippen molar-refractivity contribution in [3.8, 4) is 5.88 Å². The van der Waals surface area contributed by atoms with Gasteiger partial charge in [-0.25, -0.2) is 9.97 Å². The Kier molecular flexibility index (Phi) is 7.70. The summed E-state index contributed by atoms with van der Waals surface area (Å²) < 4.78 is 18.6. The highest BCUT2D eigenvalue weighted by Crippen LogP contribution is 2.33. The van der Waals surface area contributed by atoms with Crippen molar-refractivity contribution in [3.05, 3.63) is 18.6 Å². The van der Waals surface area contributed by atoms with E-state index in [1.807, 2.05) is 16.8 Å². The van der Waals surface area contributed by atoms with E-state index >= 15 is 0 Å². The van der Waals surface area contributed by atoms with Gasteiger partial charge in [0, 0.05) is 27.4 Å². The minimum atomic E-state index is -1.50. The summed E-state index contributed by atoms with van der Waals surface area (Å²) in [7, 11) is 2.95. The summed E-state index contributed by atoms with van der Waals surface area (Å²) in [6.07, 6.45) is 5.58. The number of aliphatic hydroxyl groups is 2. The number of halogens is 1. The molecule has 2 atom stereocenters. The molecule has 0 saturated carbocycles. The molecular formula is C15H22IN3O5S. The second kappa shape index (κ2) is 9.33. The van der Waals surface area contributed by atoms with Crippen LogP contribution in [0.25, 0.3) is 11.0 Å². The number of methoxy groups -OCH3 is 1. The zero-order valence-corrected chi connectivity index (χ0v) is 17.2. The maximum Gasteiger partial charge on any atom is 0.225 e. The average Bonchev–Trinajstić information content (AvgIpc) is 3.17. The summed E-state index contributed by atoms with van der Waals surface area (Å²) in [6.45, 7) is 3.21. The molecule has 0 amide bonds. The predicted molar refractivity (Wildman–Crippen MR) is 103 cm³/mol. The zero-order chi connectivity index (χ0) is 18.4. The van der Waals surface area contributed by atoms with Crippen LogP contribution in [0.15, 0.2) is 18.6 Å². The van der Waals surface area contributed by atoms with E-state index in [-0.39, 0.29) is 12.3 Å². The van der Waals surface area contributed by atoms with Crippen molar-refractivity contribution >= 4 is 41.5 Å². The average molecular weight is 483 g/mol. The van der Waals surface area contributed by atoms with Gasteiger partial charge in [-0.1, -0.05) is 0 Å². The first-order valence-electron chi connectivity index (χ1n) is 7.69. The van der Waals surface area contributed by atoms with E-state index in [4.69, 9.17) is 23.9 Å². The molecule has 0 spiro atoms. The lowest BCUT2D eigenvalue weighted by Gasteiger charge is -2.15. The highest BCUT2D eigenvalue weighted by Gasteiger charge is 2.28. The molecule has 140 valence electrons. The fraction of sp³-hybridized carbons (Fsp3) is 0.600. The number of hydrogen-bond donors (Lipinski definition) is 2. The van der Waals surface area contributed by atoms with Crippen LogP contribution in [0, 0.1) is 0 Å². The minimum absolute atomic E-state index is 0.0000765. The van der Waals surface area contributed by atoms with E-state index in [0.29, 0.717) is 12.5 Å². The fourth-order valence-electron chi connectivity index (χ4n) is 2.46. The number of aromatic nitrogens is 3. The molecule has 3 rings (SSSR count). The molecule has 25 heavy (non-hydrogen) atoms. The van der Waals surface area contributed by atoms with Gasteiger partial charge in [-0.2, -0.15) is 0 Å². The third-order valence-corrected chi connectivity index (χ3v) is 4.35. The van der Waals surface area contributed by atoms with E-state index in [1.54, 1.807) is 7.11 Å². The van der Waals surface area contributed by atoms with Crippen LogP contribution in [0.4, 0.5) is 0 Å². The summed E-state index contributed by atoms with van der Waals surface area (Å²) >= 11 is 2.11. The molecule has 8 nitrogen and oxygen atoms in total. The van der Waals surface area contributed by atoms with E-state index in [1.165, 1.54) is 29.4 Å². The van der Waals surface area contributed by atoms with Crippen LogP contribution >= 0.6 is 30.4 Å². The van der Waals surface area contributed by atoms with Gasteiger partial charge in [0.15, 0.2) is 5.79 Å². The lowest BCUT2D eigenvalue weighted by molar-refractivity contribution is -0.127. The van der Waals surface area contributed by atoms with Crippen molar-refractivity contribution in [2.45, 2.75) is 44.8 Å². The molecule has 0 radical (unpaired) electrons. The van der Waals surface area contributed by atoms with Gasteiger partial charge in [0.05, 0.1) is 34.4 Å². The van der Waals surface area contributed by atoms with Crippen LogP contribution < -0.4 is 4.74 Å². The van der Waals surface area contributed by atoms with Crippen molar-refractivity contribution in [1.82, 2.24) is 14.5 Å². The van der Waals surface area contributed by atoms with Gasteiger partial charge in [-0.05, 0) is 32.8 Å². The predicted octanol–water partition coefficient (Wildman–Crippen LogP) is 2.84. The Morgan fingerprint density at radius 3 is 2.76 bits per heavy atom. The SMILES string of the molecule is CC(C)(O)O.COc1ncnc2c1ccn2C1CCC(COSI)O1. The normalized spacial score (nSPS) is 20.4. The first-order valence-corrected chi connectivity index (χ1v) is 11.0. The van der Waals surface area contributed by atoms with Gasteiger partial charge in [0.2, 0.25) is 5.88 Å². The Balaban J connectivity index is 0.000000399. The van der Waals surface area contributed by atoms with Crippen LogP contribution in [0.2, 0.25) is 0 Å². The minimum Gasteiger partial charge on any atom is -0.480 e. The summed E-state index contributed by atoms with van der Waals surface area (Å²) in [5, 5.41) is 17.1. The van der Waals surface area contributed by atoms with Crippen molar-refractivity contribution in [3.63, 3.8) is 0 Å².